The summed E-state index contributed by atoms with van der Waals surface area (Å²) in [5, 5.41) is 0.309. The van der Waals surface area contributed by atoms with Gasteiger partial charge in [0.25, 0.3) is 0 Å². The molecule has 1 aromatic carbocycles. The minimum absolute atomic E-state index is 0.00861. The summed E-state index contributed by atoms with van der Waals surface area (Å²) in [4.78, 5) is 11.0. The molecular formula is C10H12ClNO4S. The minimum Gasteiger partial charge on any atom is -0.465 e. The van der Waals surface area contributed by atoms with E-state index >= 15 is 0 Å². The first kappa shape index (κ1) is 14.0. The highest BCUT2D eigenvalue weighted by Gasteiger charge is 2.15. The van der Waals surface area contributed by atoms with E-state index in [-0.39, 0.29) is 11.5 Å². The average Bonchev–Trinajstić information content (AvgIpc) is 2.27. The Balaban J connectivity index is 2.73. The Bertz CT molecular complexity index is 501. The van der Waals surface area contributed by atoms with E-state index in [0.717, 1.165) is 0 Å². The summed E-state index contributed by atoms with van der Waals surface area (Å²) in [6.07, 6.45) is 0. The lowest BCUT2D eigenvalue weighted by Crippen LogP contribution is -2.30. The second-order valence-electron chi connectivity index (χ2n) is 3.09. The van der Waals surface area contributed by atoms with Crippen molar-refractivity contribution in [2.45, 2.75) is 11.8 Å². The molecule has 0 amide bonds. The van der Waals surface area contributed by atoms with Gasteiger partial charge in [-0.3, -0.25) is 4.79 Å². The molecular weight excluding hydrogens is 266 g/mol. The van der Waals surface area contributed by atoms with E-state index in [1.807, 2.05) is 0 Å². The molecule has 7 heteroatoms. The number of sulfonamides is 1. The molecule has 0 aliphatic rings. The van der Waals surface area contributed by atoms with Crippen molar-refractivity contribution in [3.05, 3.63) is 29.3 Å². The van der Waals surface area contributed by atoms with Gasteiger partial charge in [-0.25, -0.2) is 8.42 Å². The number of halogens is 1. The molecule has 0 aliphatic carbocycles. The summed E-state index contributed by atoms with van der Waals surface area (Å²) in [7, 11) is -3.73. The molecule has 0 aliphatic heterocycles. The molecule has 0 heterocycles. The van der Waals surface area contributed by atoms with Crippen LogP contribution in [-0.2, 0) is 19.6 Å². The third-order valence-corrected chi connectivity index (χ3v) is 3.45. The average molecular weight is 278 g/mol. The van der Waals surface area contributed by atoms with E-state index in [0.29, 0.717) is 5.02 Å². The van der Waals surface area contributed by atoms with E-state index in [2.05, 4.69) is 9.46 Å². The van der Waals surface area contributed by atoms with Gasteiger partial charge in [-0.1, -0.05) is 17.7 Å². The molecule has 17 heavy (non-hydrogen) atoms. The SMILES string of the molecule is CCOC(=O)CNS(=O)(=O)c1cccc(Cl)c1. The Morgan fingerprint density at radius 1 is 1.47 bits per heavy atom. The second kappa shape index (κ2) is 6.00. The van der Waals surface area contributed by atoms with Crippen molar-refractivity contribution in [2.24, 2.45) is 0 Å². The van der Waals surface area contributed by atoms with E-state index < -0.39 is 22.5 Å². The largest absolute Gasteiger partial charge is 0.465 e. The smallest absolute Gasteiger partial charge is 0.321 e. The topological polar surface area (TPSA) is 72.5 Å². The van der Waals surface area contributed by atoms with Gasteiger partial charge in [0.05, 0.1) is 11.5 Å². The van der Waals surface area contributed by atoms with Crippen LogP contribution in [0.1, 0.15) is 6.92 Å². The lowest BCUT2D eigenvalue weighted by molar-refractivity contribution is -0.141. The Kier molecular flexibility index (Phi) is 4.92. The Labute approximate surface area is 105 Å². The van der Waals surface area contributed by atoms with Gasteiger partial charge in [0.15, 0.2) is 0 Å². The minimum atomic E-state index is -3.73. The van der Waals surface area contributed by atoms with Crippen LogP contribution in [0.25, 0.3) is 0 Å². The molecule has 0 fully saturated rings. The number of esters is 1. The predicted molar refractivity (Wildman–Crippen MR) is 63.3 cm³/mol. The lowest BCUT2D eigenvalue weighted by Gasteiger charge is -2.06. The molecule has 0 aromatic heterocycles. The van der Waals surface area contributed by atoms with E-state index in [4.69, 9.17) is 11.6 Å². The zero-order valence-electron chi connectivity index (χ0n) is 9.14. The van der Waals surface area contributed by atoms with Crippen LogP contribution >= 0.6 is 11.6 Å². The van der Waals surface area contributed by atoms with Crippen molar-refractivity contribution in [1.29, 1.82) is 0 Å². The fourth-order valence-corrected chi connectivity index (χ4v) is 2.35. The molecule has 0 atom stereocenters. The van der Waals surface area contributed by atoms with E-state index in [9.17, 15) is 13.2 Å². The Morgan fingerprint density at radius 2 is 2.18 bits per heavy atom. The Morgan fingerprint density at radius 3 is 2.76 bits per heavy atom. The second-order valence-corrected chi connectivity index (χ2v) is 5.29. The molecule has 0 unspecified atom stereocenters. The summed E-state index contributed by atoms with van der Waals surface area (Å²) < 4.78 is 30.2. The Hall–Kier alpha value is -1.11. The van der Waals surface area contributed by atoms with Crippen molar-refractivity contribution >= 4 is 27.6 Å². The molecule has 5 nitrogen and oxygen atoms in total. The zero-order valence-corrected chi connectivity index (χ0v) is 10.7. The molecule has 0 bridgehead atoms. The van der Waals surface area contributed by atoms with Crippen LogP contribution < -0.4 is 4.72 Å². The fourth-order valence-electron chi connectivity index (χ4n) is 1.08. The van der Waals surface area contributed by atoms with Crippen LogP contribution in [0.15, 0.2) is 29.2 Å². The number of ether oxygens (including phenoxy) is 1. The van der Waals surface area contributed by atoms with Crippen LogP contribution in [0.4, 0.5) is 0 Å². The molecule has 1 aromatic rings. The van der Waals surface area contributed by atoms with E-state index in [1.54, 1.807) is 13.0 Å². The number of nitrogens with one attached hydrogen (secondary N) is 1. The maximum absolute atomic E-state index is 11.7. The summed E-state index contributed by atoms with van der Waals surface area (Å²) in [6.45, 7) is 1.45. The van der Waals surface area contributed by atoms with Crippen molar-refractivity contribution in [3.63, 3.8) is 0 Å². The van der Waals surface area contributed by atoms with Gasteiger partial charge in [0, 0.05) is 5.02 Å². The number of benzene rings is 1. The molecule has 1 N–H and O–H groups in total. The highest BCUT2D eigenvalue weighted by atomic mass is 35.5. The van der Waals surface area contributed by atoms with Crippen LogP contribution in [0.3, 0.4) is 0 Å². The summed E-state index contributed by atoms with van der Waals surface area (Å²) in [5.74, 6) is -0.627. The van der Waals surface area contributed by atoms with Gasteiger partial charge < -0.3 is 4.74 Å². The monoisotopic (exact) mass is 277 g/mol. The zero-order chi connectivity index (χ0) is 12.9. The normalized spacial score (nSPS) is 11.2. The molecule has 0 saturated heterocycles. The molecule has 0 spiro atoms. The first-order valence-electron chi connectivity index (χ1n) is 4.86. The summed E-state index contributed by atoms with van der Waals surface area (Å²) in [6, 6.07) is 5.77. The standard InChI is InChI=1S/C10H12ClNO4S/c1-2-16-10(13)7-12-17(14,15)9-5-3-4-8(11)6-9/h3-6,12H,2,7H2,1H3. The quantitative estimate of drug-likeness (QED) is 0.821. The molecule has 94 valence electrons. The number of hydrogen-bond acceptors (Lipinski definition) is 4. The third kappa shape index (κ3) is 4.33. The van der Waals surface area contributed by atoms with Crippen LogP contribution in [-0.4, -0.2) is 27.5 Å². The third-order valence-electron chi connectivity index (χ3n) is 1.82. The summed E-state index contributed by atoms with van der Waals surface area (Å²) >= 11 is 5.68. The van der Waals surface area contributed by atoms with Crippen molar-refractivity contribution in [3.8, 4) is 0 Å². The molecule has 0 radical (unpaired) electrons. The first-order chi connectivity index (χ1) is 7.95. The van der Waals surface area contributed by atoms with Gasteiger partial charge in [-0.2, -0.15) is 4.72 Å². The van der Waals surface area contributed by atoms with Gasteiger partial charge in [0.2, 0.25) is 10.0 Å². The fraction of sp³-hybridized carbons (Fsp3) is 0.300. The highest BCUT2D eigenvalue weighted by Crippen LogP contribution is 2.14. The van der Waals surface area contributed by atoms with Crippen LogP contribution in [0.5, 0.6) is 0 Å². The maximum Gasteiger partial charge on any atom is 0.321 e. The van der Waals surface area contributed by atoms with Gasteiger partial charge >= 0.3 is 5.97 Å². The van der Waals surface area contributed by atoms with Crippen molar-refractivity contribution < 1.29 is 17.9 Å². The summed E-state index contributed by atoms with van der Waals surface area (Å²) in [5.41, 5.74) is 0. The number of carbonyl (C=O) groups is 1. The van der Waals surface area contributed by atoms with Crippen molar-refractivity contribution in [2.75, 3.05) is 13.2 Å². The lowest BCUT2D eigenvalue weighted by atomic mass is 10.4. The van der Waals surface area contributed by atoms with E-state index in [1.165, 1.54) is 18.2 Å². The van der Waals surface area contributed by atoms with Crippen LogP contribution in [0.2, 0.25) is 5.02 Å². The number of hydrogen-bond donors (Lipinski definition) is 1. The van der Waals surface area contributed by atoms with Gasteiger partial charge in [-0.05, 0) is 25.1 Å². The van der Waals surface area contributed by atoms with Gasteiger partial charge in [-0.15, -0.1) is 0 Å². The molecule has 0 saturated carbocycles. The predicted octanol–water partition coefficient (Wildman–Crippen LogP) is 1.18. The number of rotatable bonds is 5. The first-order valence-corrected chi connectivity index (χ1v) is 6.72. The van der Waals surface area contributed by atoms with Crippen LogP contribution in [0, 0.1) is 0 Å². The highest BCUT2D eigenvalue weighted by molar-refractivity contribution is 7.89. The molecule has 1 rings (SSSR count). The van der Waals surface area contributed by atoms with Gasteiger partial charge in [0.1, 0.15) is 6.54 Å². The number of carbonyl (C=O) groups excluding carboxylic acids is 1. The van der Waals surface area contributed by atoms with Crippen molar-refractivity contribution in [1.82, 2.24) is 4.72 Å². The maximum atomic E-state index is 11.7.